The van der Waals surface area contributed by atoms with E-state index < -0.39 is 26.1 Å². The average Bonchev–Trinajstić information content (AvgIpc) is 2.79. The smallest absolute Gasteiger partial charge is 0.301 e. The molecular weight excluding hydrogens is 422 g/mol. The Morgan fingerprint density at radius 3 is 1.81 bits per heavy atom. The number of non-ortho nitro benzene ring substituents is 2. The summed E-state index contributed by atoms with van der Waals surface area (Å²) in [7, 11) is 1.51. The topological polar surface area (TPSA) is 163 Å². The van der Waals surface area contributed by atoms with E-state index in [1.807, 2.05) is 0 Å². The number of hydrogen-bond donors (Lipinski definition) is 1. The van der Waals surface area contributed by atoms with E-state index >= 15 is 0 Å². The molecule has 12 nitrogen and oxygen atoms in total. The second-order valence-electron chi connectivity index (χ2n) is 6.32. The minimum Gasteiger partial charge on any atom is -0.497 e. The second kappa shape index (κ2) is 9.30. The van der Waals surface area contributed by atoms with Crippen LogP contribution in [0.4, 0.5) is 22.7 Å². The highest BCUT2D eigenvalue weighted by atomic mass is 16.6. The van der Waals surface area contributed by atoms with Crippen LogP contribution in [0.2, 0.25) is 0 Å². The minimum absolute atomic E-state index is 0.0616. The number of nitrogens with zero attached hydrogens (tertiary/aromatic N) is 4. The Labute approximate surface area is 180 Å². The van der Waals surface area contributed by atoms with Crippen LogP contribution in [0.5, 0.6) is 5.75 Å². The van der Waals surface area contributed by atoms with Gasteiger partial charge in [0.25, 0.3) is 11.4 Å². The van der Waals surface area contributed by atoms with Gasteiger partial charge < -0.3 is 4.74 Å². The average molecular weight is 437 g/mol. The number of nitrogens with one attached hydrogen (secondary N) is 1. The molecule has 0 atom stereocenters. The van der Waals surface area contributed by atoms with Crippen LogP contribution in [-0.4, -0.2) is 27.6 Å². The van der Waals surface area contributed by atoms with Crippen LogP contribution in [0.1, 0.15) is 11.1 Å². The molecule has 0 aliphatic carbocycles. The molecule has 3 rings (SSSR count). The Balaban J connectivity index is 2.06. The van der Waals surface area contributed by atoms with E-state index in [9.17, 15) is 30.3 Å². The van der Waals surface area contributed by atoms with Crippen LogP contribution in [0.15, 0.2) is 71.8 Å². The first-order valence-corrected chi connectivity index (χ1v) is 8.96. The van der Waals surface area contributed by atoms with E-state index in [0.717, 1.165) is 12.1 Å². The van der Waals surface area contributed by atoms with Crippen LogP contribution < -0.4 is 10.2 Å². The van der Waals surface area contributed by atoms with E-state index in [0.29, 0.717) is 22.6 Å². The number of ether oxygens (including phenoxy) is 1. The number of rotatable bonds is 8. The van der Waals surface area contributed by atoms with Crippen molar-refractivity contribution in [3.05, 3.63) is 108 Å². The Morgan fingerprint density at radius 2 is 1.31 bits per heavy atom. The number of nitro groups is 3. The second-order valence-corrected chi connectivity index (χ2v) is 6.32. The molecule has 0 aliphatic heterocycles. The molecule has 0 bridgehead atoms. The molecule has 0 saturated heterocycles. The van der Waals surface area contributed by atoms with Gasteiger partial charge in [0, 0.05) is 29.3 Å². The number of anilines is 1. The third-order valence-corrected chi connectivity index (χ3v) is 4.39. The molecule has 0 aromatic heterocycles. The van der Waals surface area contributed by atoms with Crippen LogP contribution >= 0.6 is 0 Å². The summed E-state index contributed by atoms with van der Waals surface area (Å²) in [6, 6.07) is 15.5. The summed E-state index contributed by atoms with van der Waals surface area (Å²) < 4.78 is 5.14. The number of methoxy groups -OCH3 is 1. The maximum Gasteiger partial charge on any atom is 0.301 e. The van der Waals surface area contributed by atoms with Gasteiger partial charge in [0.15, 0.2) is 0 Å². The first-order chi connectivity index (χ1) is 15.3. The van der Waals surface area contributed by atoms with Crippen LogP contribution in [-0.2, 0) is 0 Å². The Kier molecular flexibility index (Phi) is 6.34. The highest BCUT2D eigenvalue weighted by Gasteiger charge is 2.20. The van der Waals surface area contributed by atoms with Crippen molar-refractivity contribution in [1.82, 2.24) is 0 Å². The summed E-state index contributed by atoms with van der Waals surface area (Å²) in [6.07, 6.45) is 0. The maximum atomic E-state index is 11.4. The lowest BCUT2D eigenvalue weighted by Gasteiger charge is -2.10. The number of benzene rings is 3. The fraction of sp³-hybridized carbons (Fsp3) is 0.0500. The highest BCUT2D eigenvalue weighted by Crippen LogP contribution is 2.29. The highest BCUT2D eigenvalue weighted by molar-refractivity contribution is 6.13. The van der Waals surface area contributed by atoms with Crippen LogP contribution in [0, 0.1) is 30.3 Å². The molecule has 0 amide bonds. The van der Waals surface area contributed by atoms with Crippen molar-refractivity contribution in [2.24, 2.45) is 5.10 Å². The van der Waals surface area contributed by atoms with Crippen LogP contribution in [0.25, 0.3) is 0 Å². The lowest BCUT2D eigenvalue weighted by Crippen LogP contribution is -2.08. The third-order valence-electron chi connectivity index (χ3n) is 4.39. The minimum atomic E-state index is -0.760. The van der Waals surface area contributed by atoms with Gasteiger partial charge in [0.05, 0.1) is 33.7 Å². The standard InChI is InChI=1S/C20H15N5O7/c1-32-17-9-4-14(5-10-17)20(13-2-6-15(7-3-13)23(26)27)22-21-18-11-8-16(24(28)29)12-19(18)25(30)31/h2-12,21H,1H3/b22-20-. The van der Waals surface area contributed by atoms with Gasteiger partial charge in [0.2, 0.25) is 0 Å². The molecule has 3 aromatic rings. The first kappa shape index (κ1) is 21.8. The molecule has 3 aromatic carbocycles. The normalized spacial score (nSPS) is 11.0. The van der Waals surface area contributed by atoms with Gasteiger partial charge in [-0.3, -0.25) is 35.8 Å². The van der Waals surface area contributed by atoms with E-state index in [4.69, 9.17) is 4.74 Å². The molecule has 1 N–H and O–H groups in total. The molecule has 0 unspecified atom stereocenters. The maximum absolute atomic E-state index is 11.4. The third kappa shape index (κ3) is 4.81. The van der Waals surface area contributed by atoms with Gasteiger partial charge in [-0.15, -0.1) is 0 Å². The first-order valence-electron chi connectivity index (χ1n) is 8.96. The molecule has 0 heterocycles. The molecule has 0 radical (unpaired) electrons. The van der Waals surface area contributed by atoms with Gasteiger partial charge in [-0.05, 0) is 42.5 Å². The van der Waals surface area contributed by atoms with Crippen molar-refractivity contribution in [3.8, 4) is 5.75 Å². The fourth-order valence-corrected chi connectivity index (χ4v) is 2.78. The Hall–Kier alpha value is -4.87. The van der Waals surface area contributed by atoms with Gasteiger partial charge in [0.1, 0.15) is 11.4 Å². The molecule has 0 spiro atoms. The number of hydrazone groups is 1. The molecule has 32 heavy (non-hydrogen) atoms. The van der Waals surface area contributed by atoms with Crippen molar-refractivity contribution in [2.75, 3.05) is 12.5 Å². The largest absolute Gasteiger partial charge is 0.497 e. The summed E-state index contributed by atoms with van der Waals surface area (Å²) >= 11 is 0. The lowest BCUT2D eigenvalue weighted by molar-refractivity contribution is -0.393. The molecular formula is C20H15N5O7. The molecule has 162 valence electrons. The van der Waals surface area contributed by atoms with Crippen molar-refractivity contribution in [1.29, 1.82) is 0 Å². The van der Waals surface area contributed by atoms with E-state index in [-0.39, 0.29) is 11.4 Å². The SMILES string of the molecule is COc1ccc(/C(=N\Nc2ccc([N+](=O)[O-])cc2[N+](=O)[O-])c2ccc([N+](=O)[O-])cc2)cc1. The number of nitro benzene ring substituents is 3. The number of hydrogen-bond acceptors (Lipinski definition) is 9. The lowest BCUT2D eigenvalue weighted by atomic mass is 10.0. The molecule has 12 heteroatoms. The zero-order valence-corrected chi connectivity index (χ0v) is 16.5. The van der Waals surface area contributed by atoms with Crippen molar-refractivity contribution < 1.29 is 19.5 Å². The predicted molar refractivity (Wildman–Crippen MR) is 115 cm³/mol. The van der Waals surface area contributed by atoms with Crippen molar-refractivity contribution in [3.63, 3.8) is 0 Å². The van der Waals surface area contributed by atoms with E-state index in [1.54, 1.807) is 24.3 Å². The quantitative estimate of drug-likeness (QED) is 0.310. The monoisotopic (exact) mass is 437 g/mol. The van der Waals surface area contributed by atoms with Gasteiger partial charge in [-0.25, -0.2) is 0 Å². The zero-order valence-electron chi connectivity index (χ0n) is 16.5. The fourth-order valence-electron chi connectivity index (χ4n) is 2.78. The predicted octanol–water partition coefficient (Wildman–Crippen LogP) is 4.28. The summed E-state index contributed by atoms with van der Waals surface area (Å²) in [5.74, 6) is 0.593. The molecule has 0 fully saturated rings. The zero-order chi connectivity index (χ0) is 23.3. The summed E-state index contributed by atoms with van der Waals surface area (Å²) in [6.45, 7) is 0. The van der Waals surface area contributed by atoms with E-state index in [2.05, 4.69) is 10.5 Å². The Bertz CT molecular complexity index is 1210. The van der Waals surface area contributed by atoms with E-state index in [1.165, 1.54) is 37.4 Å². The van der Waals surface area contributed by atoms with Crippen molar-refractivity contribution in [2.45, 2.75) is 0 Å². The van der Waals surface area contributed by atoms with Gasteiger partial charge in [-0.1, -0.05) is 0 Å². The van der Waals surface area contributed by atoms with Gasteiger partial charge in [-0.2, -0.15) is 5.10 Å². The van der Waals surface area contributed by atoms with Crippen molar-refractivity contribution >= 4 is 28.5 Å². The summed E-state index contributed by atoms with van der Waals surface area (Å²) in [5, 5.41) is 37.5. The Morgan fingerprint density at radius 1 is 0.781 bits per heavy atom. The molecule has 0 saturated carbocycles. The molecule has 0 aliphatic rings. The van der Waals surface area contributed by atoms with Gasteiger partial charge >= 0.3 is 5.69 Å². The summed E-state index contributed by atoms with van der Waals surface area (Å²) in [4.78, 5) is 31.2. The summed E-state index contributed by atoms with van der Waals surface area (Å²) in [5.41, 5.74) is 2.87. The van der Waals surface area contributed by atoms with Crippen LogP contribution in [0.3, 0.4) is 0 Å².